The van der Waals surface area contributed by atoms with Gasteiger partial charge in [-0.2, -0.15) is 11.3 Å². The summed E-state index contributed by atoms with van der Waals surface area (Å²) in [5.74, 6) is -0.401. The minimum absolute atomic E-state index is 0.201. The van der Waals surface area contributed by atoms with Crippen molar-refractivity contribution in [2.24, 2.45) is 0 Å². The van der Waals surface area contributed by atoms with Gasteiger partial charge in [0.05, 0.1) is 13.1 Å². The molecule has 0 bridgehead atoms. The summed E-state index contributed by atoms with van der Waals surface area (Å²) in [5.41, 5.74) is 1.26. The lowest BCUT2D eigenvalue weighted by atomic mass is 10.1. The number of carbonyl (C=O) groups is 2. The lowest BCUT2D eigenvalue weighted by Gasteiger charge is -2.30. The molecule has 4 nitrogen and oxygen atoms in total. The van der Waals surface area contributed by atoms with Gasteiger partial charge in [-0.05, 0) is 35.7 Å². The number of nitrogens with one attached hydrogen (secondary N) is 1. The molecule has 1 N–H and O–H groups in total. The first-order valence-corrected chi connectivity index (χ1v) is 6.17. The summed E-state index contributed by atoms with van der Waals surface area (Å²) in [6, 6.07) is 2.29. The van der Waals surface area contributed by atoms with E-state index in [0.29, 0.717) is 13.1 Å². The van der Waals surface area contributed by atoms with Crippen molar-refractivity contribution in [1.82, 2.24) is 10.2 Å². The first-order valence-electron chi connectivity index (χ1n) is 5.23. The third-order valence-electron chi connectivity index (χ3n) is 2.71. The van der Waals surface area contributed by atoms with Crippen LogP contribution in [-0.2, 0) is 16.0 Å². The zero-order valence-electron chi connectivity index (χ0n) is 9.10. The summed E-state index contributed by atoms with van der Waals surface area (Å²) in [6.45, 7) is 2.68. The van der Waals surface area contributed by atoms with Crippen LogP contribution in [0.2, 0.25) is 0 Å². The first-order chi connectivity index (χ1) is 7.65. The second kappa shape index (κ2) is 4.76. The van der Waals surface area contributed by atoms with Crippen LogP contribution in [0.3, 0.4) is 0 Å². The van der Waals surface area contributed by atoms with Crippen LogP contribution in [0.25, 0.3) is 0 Å². The van der Waals surface area contributed by atoms with Crippen molar-refractivity contribution in [1.29, 1.82) is 0 Å². The molecular weight excluding hydrogens is 224 g/mol. The van der Waals surface area contributed by atoms with E-state index in [1.807, 2.05) is 17.2 Å². The Morgan fingerprint density at radius 3 is 2.69 bits per heavy atom. The summed E-state index contributed by atoms with van der Waals surface area (Å²) in [4.78, 5) is 24.4. The Bertz CT molecular complexity index is 373. The molecule has 1 fully saturated rings. The van der Waals surface area contributed by atoms with Gasteiger partial charge in [0.15, 0.2) is 0 Å². The number of amides is 2. The third kappa shape index (κ3) is 2.68. The predicted molar refractivity (Wildman–Crippen MR) is 62.2 cm³/mol. The monoisotopic (exact) mass is 238 g/mol. The van der Waals surface area contributed by atoms with Crippen LogP contribution >= 0.6 is 11.3 Å². The normalized spacial score (nSPS) is 19.6. The van der Waals surface area contributed by atoms with Crippen molar-refractivity contribution in [2.75, 3.05) is 13.1 Å². The number of hydrogen-bond acceptors (Lipinski definition) is 4. The quantitative estimate of drug-likeness (QED) is 0.786. The van der Waals surface area contributed by atoms with Crippen LogP contribution in [0.4, 0.5) is 0 Å². The zero-order valence-corrected chi connectivity index (χ0v) is 9.92. The molecule has 16 heavy (non-hydrogen) atoms. The highest BCUT2D eigenvalue weighted by atomic mass is 32.1. The van der Waals surface area contributed by atoms with Crippen LogP contribution in [0.15, 0.2) is 16.8 Å². The van der Waals surface area contributed by atoms with E-state index < -0.39 is 0 Å². The summed E-state index contributed by atoms with van der Waals surface area (Å²) >= 11 is 1.66. The Labute approximate surface area is 98.3 Å². The van der Waals surface area contributed by atoms with Crippen LogP contribution < -0.4 is 5.32 Å². The van der Waals surface area contributed by atoms with Crippen molar-refractivity contribution in [3.8, 4) is 0 Å². The number of thiophene rings is 1. The fourth-order valence-electron chi connectivity index (χ4n) is 1.85. The summed E-state index contributed by atoms with van der Waals surface area (Å²) < 4.78 is 0. The van der Waals surface area contributed by atoms with Crippen molar-refractivity contribution < 1.29 is 9.59 Å². The maximum atomic E-state index is 11.2. The van der Waals surface area contributed by atoms with Crippen molar-refractivity contribution in [3.05, 3.63) is 22.4 Å². The predicted octanol–water partition coefficient (Wildman–Crippen LogP) is 0.637. The lowest BCUT2D eigenvalue weighted by Crippen LogP contribution is -2.54. The molecule has 0 saturated carbocycles. The fraction of sp³-hybridized carbons (Fsp3) is 0.455. The molecule has 1 aliphatic rings. The van der Waals surface area contributed by atoms with Gasteiger partial charge in [-0.1, -0.05) is 0 Å². The largest absolute Gasteiger partial charge is 0.294 e. The van der Waals surface area contributed by atoms with Gasteiger partial charge in [-0.15, -0.1) is 0 Å². The smallest absolute Gasteiger partial charge is 0.240 e. The highest BCUT2D eigenvalue weighted by Gasteiger charge is 2.26. The average molecular weight is 238 g/mol. The molecule has 2 amide bonds. The molecule has 0 spiro atoms. The molecule has 0 radical (unpaired) electrons. The van der Waals surface area contributed by atoms with E-state index >= 15 is 0 Å². The minimum atomic E-state index is -0.201. The van der Waals surface area contributed by atoms with Crippen molar-refractivity contribution >= 4 is 23.2 Å². The van der Waals surface area contributed by atoms with Crippen molar-refractivity contribution in [2.45, 2.75) is 19.4 Å². The molecule has 5 heteroatoms. The van der Waals surface area contributed by atoms with Crippen LogP contribution in [0, 0.1) is 0 Å². The second-order valence-corrected chi connectivity index (χ2v) is 4.84. The van der Waals surface area contributed by atoms with Gasteiger partial charge < -0.3 is 0 Å². The molecule has 1 unspecified atom stereocenters. The molecule has 1 saturated heterocycles. The molecule has 1 aliphatic heterocycles. The number of carbonyl (C=O) groups excluding carboxylic acids is 2. The fourth-order valence-corrected chi connectivity index (χ4v) is 2.53. The summed E-state index contributed by atoms with van der Waals surface area (Å²) in [7, 11) is 0. The maximum Gasteiger partial charge on any atom is 0.240 e. The number of nitrogens with zero attached hydrogens (tertiary/aromatic N) is 1. The summed E-state index contributed by atoms with van der Waals surface area (Å²) in [6.07, 6.45) is 0.879. The van der Waals surface area contributed by atoms with Crippen LogP contribution in [0.5, 0.6) is 0 Å². The Kier molecular flexibility index (Phi) is 3.36. The van der Waals surface area contributed by atoms with E-state index in [1.54, 1.807) is 11.3 Å². The van der Waals surface area contributed by atoms with E-state index in [1.165, 1.54) is 5.56 Å². The van der Waals surface area contributed by atoms with E-state index in [-0.39, 0.29) is 17.9 Å². The maximum absolute atomic E-state index is 11.2. The number of imide groups is 1. The van der Waals surface area contributed by atoms with E-state index in [2.05, 4.69) is 16.8 Å². The van der Waals surface area contributed by atoms with Crippen LogP contribution in [0.1, 0.15) is 12.5 Å². The Hall–Kier alpha value is -1.20. The molecule has 0 aromatic carbocycles. The van der Waals surface area contributed by atoms with Gasteiger partial charge in [0.1, 0.15) is 0 Å². The summed E-state index contributed by atoms with van der Waals surface area (Å²) in [5, 5.41) is 6.44. The highest BCUT2D eigenvalue weighted by Crippen LogP contribution is 2.12. The van der Waals surface area contributed by atoms with E-state index in [4.69, 9.17) is 0 Å². The van der Waals surface area contributed by atoms with Crippen molar-refractivity contribution in [3.63, 3.8) is 0 Å². The van der Waals surface area contributed by atoms with Gasteiger partial charge >= 0.3 is 0 Å². The second-order valence-electron chi connectivity index (χ2n) is 4.06. The topological polar surface area (TPSA) is 49.4 Å². The van der Waals surface area contributed by atoms with E-state index in [9.17, 15) is 9.59 Å². The molecule has 1 atom stereocenters. The minimum Gasteiger partial charge on any atom is -0.294 e. The zero-order chi connectivity index (χ0) is 11.5. The highest BCUT2D eigenvalue weighted by molar-refractivity contribution is 7.07. The molecule has 86 valence electrons. The SMILES string of the molecule is CC(Cc1ccsc1)N1CC(=O)NC(=O)C1. The molecular formula is C11H14N2O2S. The first kappa shape index (κ1) is 11.3. The Morgan fingerprint density at radius 1 is 1.44 bits per heavy atom. The lowest BCUT2D eigenvalue weighted by molar-refractivity contribution is -0.136. The van der Waals surface area contributed by atoms with Crippen LogP contribution in [-0.4, -0.2) is 35.8 Å². The molecule has 0 aliphatic carbocycles. The van der Waals surface area contributed by atoms with Gasteiger partial charge in [-0.3, -0.25) is 19.8 Å². The average Bonchev–Trinajstić information content (AvgIpc) is 2.68. The Balaban J connectivity index is 1.96. The van der Waals surface area contributed by atoms with Gasteiger partial charge in [0, 0.05) is 6.04 Å². The number of piperazine rings is 1. The number of hydrogen-bond donors (Lipinski definition) is 1. The van der Waals surface area contributed by atoms with Gasteiger partial charge in [-0.25, -0.2) is 0 Å². The Morgan fingerprint density at radius 2 is 2.12 bits per heavy atom. The standard InChI is InChI=1S/C11H14N2O2S/c1-8(4-9-2-3-16-7-9)13-5-10(14)12-11(15)6-13/h2-3,7-8H,4-6H2,1H3,(H,12,14,15). The van der Waals surface area contributed by atoms with Gasteiger partial charge in [0.25, 0.3) is 0 Å². The molecule has 1 aromatic rings. The molecule has 2 heterocycles. The van der Waals surface area contributed by atoms with E-state index in [0.717, 1.165) is 6.42 Å². The molecule has 1 aromatic heterocycles. The third-order valence-corrected chi connectivity index (χ3v) is 3.44. The number of rotatable bonds is 3. The van der Waals surface area contributed by atoms with Gasteiger partial charge in [0.2, 0.25) is 11.8 Å². The molecule has 2 rings (SSSR count).